The number of halogens is 1. The highest BCUT2D eigenvalue weighted by Crippen LogP contribution is 2.33. The predicted octanol–water partition coefficient (Wildman–Crippen LogP) is 2.79. The van der Waals surface area contributed by atoms with E-state index < -0.39 is 0 Å². The van der Waals surface area contributed by atoms with Gasteiger partial charge < -0.3 is 5.32 Å². The van der Waals surface area contributed by atoms with Crippen molar-refractivity contribution in [1.29, 1.82) is 0 Å². The molecule has 6 heteroatoms. The van der Waals surface area contributed by atoms with Gasteiger partial charge in [0.1, 0.15) is 0 Å². The van der Waals surface area contributed by atoms with Crippen molar-refractivity contribution >= 4 is 45.7 Å². The zero-order chi connectivity index (χ0) is 13.9. The van der Waals surface area contributed by atoms with Gasteiger partial charge in [0.05, 0.1) is 17.0 Å². The van der Waals surface area contributed by atoms with Crippen molar-refractivity contribution < 1.29 is 4.79 Å². The summed E-state index contributed by atoms with van der Waals surface area (Å²) in [5, 5.41) is 11.9. The van der Waals surface area contributed by atoms with E-state index in [0.717, 1.165) is 29.0 Å². The zero-order valence-corrected chi connectivity index (χ0v) is 12.2. The summed E-state index contributed by atoms with van der Waals surface area (Å²) in [5.74, 6) is 0.373. The molecule has 0 atom stereocenters. The van der Waals surface area contributed by atoms with Crippen molar-refractivity contribution in [1.82, 2.24) is 5.32 Å². The number of amides is 1. The van der Waals surface area contributed by atoms with Crippen molar-refractivity contribution in [3.63, 3.8) is 0 Å². The highest BCUT2D eigenvalue weighted by molar-refractivity contribution is 8.15. The second kappa shape index (κ2) is 5.81. The van der Waals surface area contributed by atoms with E-state index in [1.54, 1.807) is 6.21 Å². The number of amidine groups is 1. The normalized spacial score (nSPS) is 20.6. The first-order valence-corrected chi connectivity index (χ1v) is 7.61. The standard InChI is InChI=1S/C14H12ClN3OS/c15-13-10(6-5-9-3-1-2-4-11(9)13)7-16-18-14-17-12(19)8-20-14/h1-4,7H,5-6,8H2,(H,17,18,19)/b16-7+. The minimum absolute atomic E-state index is 0.0345. The van der Waals surface area contributed by atoms with Crippen LogP contribution in [0.2, 0.25) is 0 Å². The van der Waals surface area contributed by atoms with Crippen LogP contribution in [0.1, 0.15) is 17.5 Å². The summed E-state index contributed by atoms with van der Waals surface area (Å²) >= 11 is 7.75. The number of benzene rings is 1. The summed E-state index contributed by atoms with van der Waals surface area (Å²) in [6.45, 7) is 0. The quantitative estimate of drug-likeness (QED) is 0.675. The molecule has 1 aromatic carbocycles. The molecule has 102 valence electrons. The lowest BCUT2D eigenvalue weighted by molar-refractivity contribution is -0.116. The average molecular weight is 306 g/mol. The van der Waals surface area contributed by atoms with Crippen molar-refractivity contribution in [3.05, 3.63) is 41.0 Å². The van der Waals surface area contributed by atoms with E-state index in [9.17, 15) is 4.79 Å². The van der Waals surface area contributed by atoms with Gasteiger partial charge in [0.25, 0.3) is 0 Å². The molecule has 1 fully saturated rings. The van der Waals surface area contributed by atoms with E-state index in [1.165, 1.54) is 17.3 Å². The Balaban J connectivity index is 1.80. The molecule has 3 rings (SSSR count). The molecule has 0 radical (unpaired) electrons. The second-order valence-corrected chi connectivity index (χ2v) is 5.82. The number of hydrogen-bond donors (Lipinski definition) is 1. The lowest BCUT2D eigenvalue weighted by Crippen LogP contribution is -2.19. The Kier molecular flexibility index (Phi) is 3.89. The monoisotopic (exact) mass is 305 g/mol. The van der Waals surface area contributed by atoms with Crippen LogP contribution >= 0.6 is 23.4 Å². The number of nitrogens with one attached hydrogen (secondary N) is 1. The highest BCUT2D eigenvalue weighted by atomic mass is 35.5. The number of carbonyl (C=O) groups is 1. The third-order valence-corrected chi connectivity index (χ3v) is 4.46. The summed E-state index contributed by atoms with van der Waals surface area (Å²) in [5.41, 5.74) is 3.31. The number of rotatable bonds is 2. The minimum Gasteiger partial charge on any atom is -0.303 e. The number of nitrogens with zero attached hydrogens (tertiary/aromatic N) is 2. The van der Waals surface area contributed by atoms with Gasteiger partial charge in [-0.2, -0.15) is 5.10 Å². The Labute approximate surface area is 126 Å². The van der Waals surface area contributed by atoms with E-state index in [0.29, 0.717) is 10.9 Å². The second-order valence-electron chi connectivity index (χ2n) is 4.48. The molecule has 0 spiro atoms. The van der Waals surface area contributed by atoms with Gasteiger partial charge in [0, 0.05) is 0 Å². The zero-order valence-electron chi connectivity index (χ0n) is 10.6. The van der Waals surface area contributed by atoms with Crippen molar-refractivity contribution in [2.24, 2.45) is 10.2 Å². The topological polar surface area (TPSA) is 53.8 Å². The molecular weight excluding hydrogens is 294 g/mol. The van der Waals surface area contributed by atoms with E-state index in [4.69, 9.17) is 11.6 Å². The number of thioether (sulfide) groups is 1. The lowest BCUT2D eigenvalue weighted by atomic mass is 9.92. The first kappa shape index (κ1) is 13.4. The first-order chi connectivity index (χ1) is 9.74. The molecule has 1 aromatic rings. The van der Waals surface area contributed by atoms with Crippen LogP contribution in [0, 0.1) is 0 Å². The van der Waals surface area contributed by atoms with Gasteiger partial charge in [0.15, 0.2) is 5.17 Å². The summed E-state index contributed by atoms with van der Waals surface area (Å²) in [6, 6.07) is 8.11. The molecule has 1 N–H and O–H groups in total. The van der Waals surface area contributed by atoms with Crippen LogP contribution in [-0.4, -0.2) is 23.0 Å². The molecule has 0 bridgehead atoms. The lowest BCUT2D eigenvalue weighted by Gasteiger charge is -2.16. The van der Waals surface area contributed by atoms with E-state index in [1.807, 2.05) is 18.2 Å². The Hall–Kier alpha value is -1.59. The van der Waals surface area contributed by atoms with Gasteiger partial charge in [-0.25, -0.2) is 0 Å². The van der Waals surface area contributed by atoms with Crippen molar-refractivity contribution in [2.75, 3.05) is 5.75 Å². The Morgan fingerprint density at radius 2 is 2.15 bits per heavy atom. The average Bonchev–Trinajstić information content (AvgIpc) is 2.87. The van der Waals surface area contributed by atoms with Gasteiger partial charge in [-0.1, -0.05) is 47.6 Å². The molecule has 1 aliphatic carbocycles. The Morgan fingerprint density at radius 1 is 1.30 bits per heavy atom. The van der Waals surface area contributed by atoms with Crippen LogP contribution in [0.3, 0.4) is 0 Å². The third kappa shape index (κ3) is 2.78. The van der Waals surface area contributed by atoms with Crippen molar-refractivity contribution in [3.8, 4) is 0 Å². The summed E-state index contributed by atoms with van der Waals surface area (Å²) < 4.78 is 0. The van der Waals surface area contributed by atoms with Gasteiger partial charge in [-0.15, -0.1) is 5.10 Å². The molecule has 1 saturated heterocycles. The molecular formula is C14H12ClN3OS. The molecule has 4 nitrogen and oxygen atoms in total. The Bertz CT molecular complexity index is 652. The van der Waals surface area contributed by atoms with Crippen LogP contribution < -0.4 is 5.32 Å². The van der Waals surface area contributed by atoms with E-state index >= 15 is 0 Å². The molecule has 2 aliphatic rings. The van der Waals surface area contributed by atoms with E-state index in [-0.39, 0.29) is 5.91 Å². The van der Waals surface area contributed by atoms with E-state index in [2.05, 4.69) is 21.6 Å². The number of allylic oxidation sites excluding steroid dienone is 1. The van der Waals surface area contributed by atoms with Gasteiger partial charge >= 0.3 is 0 Å². The molecule has 1 aliphatic heterocycles. The largest absolute Gasteiger partial charge is 0.303 e. The third-order valence-electron chi connectivity index (χ3n) is 3.15. The fourth-order valence-corrected chi connectivity index (χ4v) is 3.11. The maximum atomic E-state index is 11.0. The molecule has 20 heavy (non-hydrogen) atoms. The fraction of sp³-hybridized carbons (Fsp3) is 0.214. The maximum absolute atomic E-state index is 11.0. The predicted molar refractivity (Wildman–Crippen MR) is 84.1 cm³/mol. The van der Waals surface area contributed by atoms with Gasteiger partial charge in [-0.05, 0) is 29.5 Å². The van der Waals surface area contributed by atoms with Crippen molar-refractivity contribution in [2.45, 2.75) is 12.8 Å². The SMILES string of the molecule is O=C1CS/C(=N\N=C\C2=C(Cl)c3ccccc3CC2)N1. The van der Waals surface area contributed by atoms with Gasteiger partial charge in [0.2, 0.25) is 5.91 Å². The van der Waals surface area contributed by atoms with Crippen LogP contribution in [0.5, 0.6) is 0 Å². The molecule has 0 aromatic heterocycles. The van der Waals surface area contributed by atoms with Crippen LogP contribution in [0.25, 0.3) is 5.03 Å². The minimum atomic E-state index is -0.0345. The van der Waals surface area contributed by atoms with Crippen LogP contribution in [0.15, 0.2) is 40.0 Å². The first-order valence-electron chi connectivity index (χ1n) is 6.24. The number of fused-ring (bicyclic) bond motifs is 1. The molecule has 0 unspecified atom stereocenters. The highest BCUT2D eigenvalue weighted by Gasteiger charge is 2.17. The summed E-state index contributed by atoms with van der Waals surface area (Å²) in [4.78, 5) is 11.0. The molecule has 1 heterocycles. The Morgan fingerprint density at radius 3 is 2.95 bits per heavy atom. The number of carbonyl (C=O) groups excluding carboxylic acids is 1. The fourth-order valence-electron chi connectivity index (χ4n) is 2.16. The number of hydrogen-bond acceptors (Lipinski definition) is 4. The molecule has 0 saturated carbocycles. The van der Waals surface area contributed by atoms with Crippen LogP contribution in [-0.2, 0) is 11.2 Å². The molecule has 1 amide bonds. The van der Waals surface area contributed by atoms with Gasteiger partial charge in [-0.3, -0.25) is 4.79 Å². The summed E-state index contributed by atoms with van der Waals surface area (Å²) in [7, 11) is 0. The number of aryl methyl sites for hydroxylation is 1. The van der Waals surface area contributed by atoms with Crippen LogP contribution in [0.4, 0.5) is 0 Å². The smallest absolute Gasteiger partial charge is 0.236 e. The summed E-state index contributed by atoms with van der Waals surface area (Å²) in [6.07, 6.45) is 3.48. The maximum Gasteiger partial charge on any atom is 0.236 e.